The highest BCUT2D eigenvalue weighted by Gasteiger charge is 2.38. The molecule has 61 heavy (non-hydrogen) atoms. The second-order valence-electron chi connectivity index (χ2n) is 16.3. The summed E-state index contributed by atoms with van der Waals surface area (Å²) in [5.74, 6) is -1.18. The van der Waals surface area contributed by atoms with Gasteiger partial charge in [-0.05, 0) is 87.5 Å². The van der Waals surface area contributed by atoms with Crippen molar-refractivity contribution in [3.63, 3.8) is 0 Å². The van der Waals surface area contributed by atoms with Gasteiger partial charge in [0.15, 0.2) is 12.7 Å². The number of anilines is 2. The van der Waals surface area contributed by atoms with Gasteiger partial charge in [0.1, 0.15) is 0 Å². The number of para-hydroxylation sites is 1. The Morgan fingerprint density at radius 2 is 1.59 bits per heavy atom. The second-order valence-corrected chi connectivity index (χ2v) is 16.8. The molecule has 2 aromatic rings. The first kappa shape index (κ1) is 45.7. The van der Waals surface area contributed by atoms with Crippen molar-refractivity contribution in [2.45, 2.75) is 75.7 Å². The van der Waals surface area contributed by atoms with E-state index in [-0.39, 0.29) is 61.1 Å². The fraction of sp³-hybridized carbons (Fsp3) is 0.595. The molecule has 0 bridgehead atoms. The van der Waals surface area contributed by atoms with Crippen LogP contribution >= 0.6 is 11.6 Å². The fourth-order valence-electron chi connectivity index (χ4n) is 8.52. The summed E-state index contributed by atoms with van der Waals surface area (Å²) >= 11 is 6.15. The molecule has 4 aliphatic rings. The molecule has 3 saturated heterocycles. The number of carbonyl (C=O) groups excluding carboxylic acids is 5. The molecule has 334 valence electrons. The zero-order chi connectivity index (χ0) is 43.8. The number of carbonyl (C=O) groups is 5. The summed E-state index contributed by atoms with van der Waals surface area (Å²) in [5, 5.41) is 2.66. The number of ether oxygens (including phenoxy) is 2. The fourth-order valence-corrected chi connectivity index (χ4v) is 8.77. The van der Waals surface area contributed by atoms with Crippen molar-refractivity contribution in [3.8, 4) is 0 Å². The SMILES string of the molecule is CN(C)C(=O)COC(=O)CCCN1CCC(N2CCN(C(=O)[C@@H](Cc3cc(Cl)c(N)c(C(F)(F)F)c3)OC(=O)N3CCC(N4CCc5ccccc5NC4=O)CC3)CC2)CC1. The quantitative estimate of drug-likeness (QED) is 0.229. The van der Waals surface area contributed by atoms with Gasteiger partial charge in [-0.2, -0.15) is 13.2 Å². The van der Waals surface area contributed by atoms with Gasteiger partial charge in [-0.15, -0.1) is 0 Å². The lowest BCUT2D eigenvalue weighted by atomic mass is 10.0. The number of alkyl halides is 3. The Kier molecular flexibility index (Phi) is 15.3. The van der Waals surface area contributed by atoms with E-state index in [1.807, 2.05) is 24.3 Å². The number of nitrogens with one attached hydrogen (secondary N) is 1. The minimum Gasteiger partial charge on any atom is -0.456 e. The van der Waals surface area contributed by atoms with Crippen LogP contribution in [0.25, 0.3) is 0 Å². The highest BCUT2D eigenvalue weighted by molar-refractivity contribution is 6.33. The van der Waals surface area contributed by atoms with E-state index in [2.05, 4.69) is 15.1 Å². The van der Waals surface area contributed by atoms with Crippen LogP contribution in [0.15, 0.2) is 36.4 Å². The number of fused-ring (bicyclic) bond motifs is 1. The van der Waals surface area contributed by atoms with Gasteiger partial charge in [0.25, 0.3) is 11.8 Å². The third-order valence-electron chi connectivity index (χ3n) is 12.1. The molecule has 3 N–H and O–H groups in total. The zero-order valence-corrected chi connectivity index (χ0v) is 35.5. The number of nitrogens with two attached hydrogens (primary N) is 1. The van der Waals surface area contributed by atoms with Crippen molar-refractivity contribution < 1.29 is 46.6 Å². The van der Waals surface area contributed by atoms with E-state index >= 15 is 0 Å². The molecule has 1 atom stereocenters. The zero-order valence-electron chi connectivity index (χ0n) is 34.8. The van der Waals surface area contributed by atoms with Crippen molar-refractivity contribution in [2.75, 3.05) is 97.2 Å². The van der Waals surface area contributed by atoms with E-state index in [9.17, 15) is 37.1 Å². The molecule has 0 radical (unpaired) electrons. The van der Waals surface area contributed by atoms with Crippen LogP contribution in [0.1, 0.15) is 55.2 Å². The minimum absolute atomic E-state index is 0.0475. The monoisotopic (exact) mass is 876 g/mol. The number of esters is 1. The maximum absolute atomic E-state index is 14.2. The lowest BCUT2D eigenvalue weighted by Gasteiger charge is -2.43. The summed E-state index contributed by atoms with van der Waals surface area (Å²) in [7, 11) is 3.20. The number of hydrogen-bond donors (Lipinski definition) is 2. The molecule has 6 rings (SSSR count). The smallest absolute Gasteiger partial charge is 0.418 e. The first-order chi connectivity index (χ1) is 29.1. The Balaban J connectivity index is 1.02. The van der Waals surface area contributed by atoms with E-state index in [0.717, 1.165) is 49.8 Å². The van der Waals surface area contributed by atoms with E-state index < -0.39 is 41.5 Å². The molecular weight excluding hydrogens is 821 g/mol. The molecule has 0 aromatic heterocycles. The number of likely N-dealkylation sites (tertiary alicyclic amines) is 2. The van der Waals surface area contributed by atoms with Crippen molar-refractivity contribution >= 4 is 52.9 Å². The van der Waals surface area contributed by atoms with Gasteiger partial charge in [0, 0.05) is 90.5 Å². The second kappa shape index (κ2) is 20.4. The number of urea groups is 1. The lowest BCUT2D eigenvalue weighted by Crippen LogP contribution is -2.56. The Labute approximate surface area is 359 Å². The van der Waals surface area contributed by atoms with Crippen molar-refractivity contribution in [3.05, 3.63) is 58.1 Å². The van der Waals surface area contributed by atoms with Gasteiger partial charge in [-0.25, -0.2) is 9.59 Å². The molecule has 2 aromatic carbocycles. The number of amides is 5. The van der Waals surface area contributed by atoms with Crippen LogP contribution in [0.2, 0.25) is 5.02 Å². The topological polar surface area (TPSA) is 161 Å². The van der Waals surface area contributed by atoms with Crippen molar-refractivity contribution in [1.29, 1.82) is 0 Å². The Bertz CT molecular complexity index is 1900. The lowest BCUT2D eigenvalue weighted by molar-refractivity contribution is -0.151. The van der Waals surface area contributed by atoms with E-state index in [0.29, 0.717) is 64.4 Å². The van der Waals surface area contributed by atoms with Gasteiger partial charge >= 0.3 is 24.3 Å². The number of rotatable bonds is 12. The summed E-state index contributed by atoms with van der Waals surface area (Å²) in [6.07, 6.45) is -3.02. The van der Waals surface area contributed by atoms with Crippen LogP contribution < -0.4 is 11.1 Å². The van der Waals surface area contributed by atoms with E-state index in [4.69, 9.17) is 26.8 Å². The van der Waals surface area contributed by atoms with E-state index in [1.165, 1.54) is 15.9 Å². The average molecular weight is 877 g/mol. The van der Waals surface area contributed by atoms with Gasteiger partial charge in [0.05, 0.1) is 16.3 Å². The standard InChI is InChI=1S/C42H56ClF3N8O7/c1-49(2)36(55)27-60-37(56)8-5-14-50-15-10-30(11-16-50)51-20-22-52(23-21-51)39(57)35(26-28-24-32(42(44,45)46)38(47)33(43)25-28)61-41(59)53-17-12-31(13-18-53)54-19-9-29-6-3-4-7-34(29)48-40(54)58/h3-4,6-7,24-25,30-31,35H,5,8-23,26-27,47H2,1-2H3,(H,48,58)/t35-/m1/s1. The summed E-state index contributed by atoms with van der Waals surface area (Å²) in [4.78, 5) is 75.6. The maximum atomic E-state index is 14.2. The number of nitrogens with zero attached hydrogens (tertiary/aromatic N) is 6. The van der Waals surface area contributed by atoms with Gasteiger partial charge < -0.3 is 45.0 Å². The molecule has 15 nitrogen and oxygen atoms in total. The van der Waals surface area contributed by atoms with Crippen LogP contribution in [0.4, 0.5) is 34.1 Å². The highest BCUT2D eigenvalue weighted by atomic mass is 35.5. The van der Waals surface area contributed by atoms with Crippen LogP contribution in [0.5, 0.6) is 0 Å². The van der Waals surface area contributed by atoms with Crippen LogP contribution in [0, 0.1) is 0 Å². The third kappa shape index (κ3) is 12.0. The number of hydrogen-bond acceptors (Lipinski definition) is 10. The maximum Gasteiger partial charge on any atom is 0.418 e. The Morgan fingerprint density at radius 3 is 2.26 bits per heavy atom. The number of piperazine rings is 1. The number of halogens is 4. The van der Waals surface area contributed by atoms with Gasteiger partial charge in [0.2, 0.25) is 0 Å². The predicted molar refractivity (Wildman–Crippen MR) is 222 cm³/mol. The van der Waals surface area contributed by atoms with Crippen LogP contribution in [-0.2, 0) is 42.9 Å². The summed E-state index contributed by atoms with van der Waals surface area (Å²) < 4.78 is 52.7. The molecule has 0 spiro atoms. The summed E-state index contributed by atoms with van der Waals surface area (Å²) in [6.45, 7) is 5.03. The van der Waals surface area contributed by atoms with Crippen molar-refractivity contribution in [1.82, 2.24) is 29.4 Å². The normalized spacial score (nSPS) is 19.1. The summed E-state index contributed by atoms with van der Waals surface area (Å²) in [6, 6.07) is 9.72. The molecular formula is C42H56ClF3N8O7. The first-order valence-corrected chi connectivity index (χ1v) is 21.3. The van der Waals surface area contributed by atoms with Gasteiger partial charge in [-0.1, -0.05) is 29.8 Å². The average Bonchev–Trinajstić information content (AvgIpc) is 3.41. The van der Waals surface area contributed by atoms with Crippen molar-refractivity contribution in [2.24, 2.45) is 0 Å². The third-order valence-corrected chi connectivity index (χ3v) is 12.5. The van der Waals surface area contributed by atoms with E-state index in [1.54, 1.807) is 23.9 Å². The van der Waals surface area contributed by atoms with Crippen LogP contribution in [-0.4, -0.2) is 164 Å². The molecule has 0 saturated carbocycles. The molecule has 3 fully saturated rings. The highest BCUT2D eigenvalue weighted by Crippen LogP contribution is 2.38. The summed E-state index contributed by atoms with van der Waals surface area (Å²) in [5.41, 5.74) is 5.80. The molecule has 4 aliphatic heterocycles. The number of likely N-dealkylation sites (N-methyl/N-ethyl adjacent to an activating group) is 1. The molecule has 19 heteroatoms. The molecule has 0 unspecified atom stereocenters. The number of benzene rings is 2. The molecule has 5 amide bonds. The van der Waals surface area contributed by atoms with Gasteiger partial charge in [-0.3, -0.25) is 19.3 Å². The largest absolute Gasteiger partial charge is 0.456 e. The molecule has 0 aliphatic carbocycles. The Morgan fingerprint density at radius 1 is 0.918 bits per heavy atom. The predicted octanol–water partition coefficient (Wildman–Crippen LogP) is 4.56. The number of piperidine rings is 2. The van der Waals surface area contributed by atoms with Crippen LogP contribution in [0.3, 0.4) is 0 Å². The number of nitrogen functional groups attached to an aromatic ring is 1. The minimum atomic E-state index is -4.80. The Hall–Kier alpha value is -4.81. The molecule has 4 heterocycles. The first-order valence-electron chi connectivity index (χ1n) is 20.9.